The first kappa shape index (κ1) is 16.7. The van der Waals surface area contributed by atoms with Crippen LogP contribution in [0.3, 0.4) is 0 Å². The van der Waals surface area contributed by atoms with Gasteiger partial charge in [-0.25, -0.2) is 0 Å². The lowest BCUT2D eigenvalue weighted by atomic mass is 10.1. The van der Waals surface area contributed by atoms with Crippen molar-refractivity contribution in [1.82, 2.24) is 10.2 Å². The predicted octanol–water partition coefficient (Wildman–Crippen LogP) is 3.20. The number of rotatable bonds is 7. The van der Waals surface area contributed by atoms with Crippen LogP contribution in [-0.4, -0.2) is 29.8 Å². The molecule has 2 rings (SSSR count). The van der Waals surface area contributed by atoms with Crippen LogP contribution in [0.15, 0.2) is 36.4 Å². The van der Waals surface area contributed by atoms with E-state index in [-0.39, 0.29) is 5.91 Å². The molecule has 2 N–H and O–H groups in total. The van der Waals surface area contributed by atoms with Gasteiger partial charge in [-0.2, -0.15) is 0 Å². The van der Waals surface area contributed by atoms with Gasteiger partial charge in [0.1, 0.15) is 11.6 Å². The molecule has 0 fully saturated rings. The number of hydrogen-bond donors (Lipinski definition) is 2. The molecule has 122 valence electrons. The van der Waals surface area contributed by atoms with Gasteiger partial charge in [0, 0.05) is 12.1 Å². The summed E-state index contributed by atoms with van der Waals surface area (Å²) in [4.78, 5) is 12.1. The van der Waals surface area contributed by atoms with Gasteiger partial charge in [0.05, 0.1) is 7.11 Å². The SMILES string of the molecule is COc1ccc(C(=O)Nc2ccc(NCCC(C)C)nn2)cc1. The van der Waals surface area contributed by atoms with E-state index in [1.165, 1.54) is 0 Å². The third kappa shape index (κ3) is 5.25. The lowest BCUT2D eigenvalue weighted by Crippen LogP contribution is -2.14. The molecule has 0 spiro atoms. The van der Waals surface area contributed by atoms with E-state index < -0.39 is 0 Å². The minimum absolute atomic E-state index is 0.234. The number of methoxy groups -OCH3 is 1. The van der Waals surface area contributed by atoms with E-state index in [1.807, 2.05) is 0 Å². The minimum Gasteiger partial charge on any atom is -0.497 e. The van der Waals surface area contributed by atoms with E-state index in [1.54, 1.807) is 43.5 Å². The maximum atomic E-state index is 12.1. The average molecular weight is 314 g/mol. The van der Waals surface area contributed by atoms with Crippen LogP contribution >= 0.6 is 0 Å². The van der Waals surface area contributed by atoms with Gasteiger partial charge in [-0.1, -0.05) is 13.8 Å². The molecule has 2 aromatic rings. The van der Waals surface area contributed by atoms with E-state index in [0.717, 1.165) is 13.0 Å². The Morgan fingerprint density at radius 3 is 2.30 bits per heavy atom. The fourth-order valence-corrected chi connectivity index (χ4v) is 1.91. The number of anilines is 2. The fourth-order valence-electron chi connectivity index (χ4n) is 1.91. The maximum Gasteiger partial charge on any atom is 0.256 e. The summed E-state index contributed by atoms with van der Waals surface area (Å²) in [5.74, 6) is 2.23. The summed E-state index contributed by atoms with van der Waals surface area (Å²) in [6.45, 7) is 5.19. The summed E-state index contributed by atoms with van der Waals surface area (Å²) in [6.07, 6.45) is 1.07. The number of carbonyl (C=O) groups is 1. The number of ether oxygens (including phenoxy) is 1. The molecule has 0 atom stereocenters. The zero-order valence-electron chi connectivity index (χ0n) is 13.7. The molecule has 1 aromatic heterocycles. The van der Waals surface area contributed by atoms with Crippen molar-refractivity contribution in [3.05, 3.63) is 42.0 Å². The van der Waals surface area contributed by atoms with E-state index in [9.17, 15) is 4.79 Å². The van der Waals surface area contributed by atoms with E-state index in [2.05, 4.69) is 34.7 Å². The van der Waals surface area contributed by atoms with Gasteiger partial charge in [-0.3, -0.25) is 4.79 Å². The number of nitrogens with one attached hydrogen (secondary N) is 2. The van der Waals surface area contributed by atoms with Crippen molar-refractivity contribution in [2.45, 2.75) is 20.3 Å². The highest BCUT2D eigenvalue weighted by Gasteiger charge is 2.07. The predicted molar refractivity (Wildman–Crippen MR) is 90.9 cm³/mol. The molecule has 0 unspecified atom stereocenters. The number of hydrogen-bond acceptors (Lipinski definition) is 5. The molecule has 0 radical (unpaired) electrons. The van der Waals surface area contributed by atoms with Gasteiger partial charge in [0.2, 0.25) is 0 Å². The highest BCUT2D eigenvalue weighted by atomic mass is 16.5. The highest BCUT2D eigenvalue weighted by Crippen LogP contribution is 2.13. The average Bonchev–Trinajstić information content (AvgIpc) is 2.56. The van der Waals surface area contributed by atoms with Gasteiger partial charge >= 0.3 is 0 Å². The molecule has 1 heterocycles. The van der Waals surface area contributed by atoms with Crippen LogP contribution in [0.25, 0.3) is 0 Å². The summed E-state index contributed by atoms with van der Waals surface area (Å²) < 4.78 is 5.07. The fraction of sp³-hybridized carbons (Fsp3) is 0.353. The van der Waals surface area contributed by atoms with Crippen molar-refractivity contribution in [3.8, 4) is 5.75 Å². The van der Waals surface area contributed by atoms with E-state index in [0.29, 0.717) is 28.9 Å². The van der Waals surface area contributed by atoms with Crippen LogP contribution in [0.1, 0.15) is 30.6 Å². The van der Waals surface area contributed by atoms with Crippen LogP contribution < -0.4 is 15.4 Å². The molecular formula is C17H22N4O2. The molecule has 0 aliphatic rings. The molecule has 0 aliphatic heterocycles. The van der Waals surface area contributed by atoms with E-state index >= 15 is 0 Å². The van der Waals surface area contributed by atoms with Crippen molar-refractivity contribution in [3.63, 3.8) is 0 Å². The summed E-state index contributed by atoms with van der Waals surface area (Å²) in [5.41, 5.74) is 0.534. The largest absolute Gasteiger partial charge is 0.497 e. The van der Waals surface area contributed by atoms with Gasteiger partial charge in [0.25, 0.3) is 5.91 Å². The molecular weight excluding hydrogens is 292 g/mol. The number of amides is 1. The Kier molecular flexibility index (Phi) is 5.91. The van der Waals surface area contributed by atoms with Crippen molar-refractivity contribution >= 4 is 17.5 Å². The lowest BCUT2D eigenvalue weighted by Gasteiger charge is -2.08. The van der Waals surface area contributed by atoms with Crippen molar-refractivity contribution in [2.24, 2.45) is 5.92 Å². The normalized spacial score (nSPS) is 10.4. The van der Waals surface area contributed by atoms with Crippen LogP contribution in [0.5, 0.6) is 5.75 Å². The molecule has 0 aliphatic carbocycles. The second kappa shape index (κ2) is 8.12. The Labute approximate surface area is 136 Å². The Morgan fingerprint density at radius 1 is 1.09 bits per heavy atom. The molecule has 23 heavy (non-hydrogen) atoms. The second-order valence-corrected chi connectivity index (χ2v) is 5.60. The summed E-state index contributed by atoms with van der Waals surface area (Å²) in [7, 11) is 1.58. The zero-order chi connectivity index (χ0) is 16.7. The van der Waals surface area contributed by atoms with Crippen molar-refractivity contribution in [2.75, 3.05) is 24.3 Å². The van der Waals surface area contributed by atoms with Crippen molar-refractivity contribution in [1.29, 1.82) is 0 Å². The Hall–Kier alpha value is -2.63. The number of benzene rings is 1. The standard InChI is InChI=1S/C17H22N4O2/c1-12(2)10-11-18-15-8-9-16(21-20-15)19-17(22)13-4-6-14(23-3)7-5-13/h4-9,12H,10-11H2,1-3H3,(H,18,20)(H,19,21,22). The van der Waals surface area contributed by atoms with Gasteiger partial charge in [-0.05, 0) is 48.7 Å². The Balaban J connectivity index is 1.90. The van der Waals surface area contributed by atoms with Gasteiger partial charge < -0.3 is 15.4 Å². The second-order valence-electron chi connectivity index (χ2n) is 5.60. The zero-order valence-corrected chi connectivity index (χ0v) is 13.7. The summed E-state index contributed by atoms with van der Waals surface area (Å²) in [6, 6.07) is 10.4. The number of carbonyl (C=O) groups excluding carboxylic acids is 1. The first-order valence-corrected chi connectivity index (χ1v) is 7.61. The smallest absolute Gasteiger partial charge is 0.256 e. The third-order valence-electron chi connectivity index (χ3n) is 3.29. The van der Waals surface area contributed by atoms with E-state index in [4.69, 9.17) is 4.74 Å². The first-order valence-electron chi connectivity index (χ1n) is 7.61. The minimum atomic E-state index is -0.234. The molecule has 1 amide bonds. The van der Waals surface area contributed by atoms with Crippen LogP contribution in [0.4, 0.5) is 11.6 Å². The molecule has 0 saturated carbocycles. The molecule has 0 saturated heterocycles. The maximum absolute atomic E-state index is 12.1. The lowest BCUT2D eigenvalue weighted by molar-refractivity contribution is 0.102. The number of aromatic nitrogens is 2. The summed E-state index contributed by atoms with van der Waals surface area (Å²) in [5, 5.41) is 14.0. The third-order valence-corrected chi connectivity index (χ3v) is 3.29. The molecule has 1 aromatic carbocycles. The topological polar surface area (TPSA) is 76.1 Å². The summed E-state index contributed by atoms with van der Waals surface area (Å²) >= 11 is 0. The Bertz CT molecular complexity index is 624. The number of nitrogens with zero attached hydrogens (tertiary/aromatic N) is 2. The van der Waals surface area contributed by atoms with Gasteiger partial charge in [-0.15, -0.1) is 10.2 Å². The van der Waals surface area contributed by atoms with Crippen LogP contribution in [0.2, 0.25) is 0 Å². The quantitative estimate of drug-likeness (QED) is 0.821. The molecule has 0 bridgehead atoms. The first-order chi connectivity index (χ1) is 11.1. The van der Waals surface area contributed by atoms with Crippen molar-refractivity contribution < 1.29 is 9.53 Å². The molecule has 6 nitrogen and oxygen atoms in total. The molecule has 6 heteroatoms. The van der Waals surface area contributed by atoms with Gasteiger partial charge in [0.15, 0.2) is 5.82 Å². The van der Waals surface area contributed by atoms with Crippen LogP contribution in [0, 0.1) is 5.92 Å². The van der Waals surface area contributed by atoms with Crippen LogP contribution in [-0.2, 0) is 0 Å². The monoisotopic (exact) mass is 314 g/mol. The highest BCUT2D eigenvalue weighted by molar-refractivity contribution is 6.03. The Morgan fingerprint density at radius 2 is 1.74 bits per heavy atom.